The van der Waals surface area contributed by atoms with Crippen LogP contribution in [-0.4, -0.2) is 9.55 Å². The molecule has 0 radical (unpaired) electrons. The Labute approximate surface area is 165 Å². The fourth-order valence-corrected chi connectivity index (χ4v) is 4.17. The topological polar surface area (TPSA) is 34.9 Å². The number of thiophene rings is 1. The number of aromatic nitrogens is 2. The van der Waals surface area contributed by atoms with E-state index in [4.69, 9.17) is 11.6 Å². The van der Waals surface area contributed by atoms with Gasteiger partial charge in [0.2, 0.25) is 0 Å². The van der Waals surface area contributed by atoms with Gasteiger partial charge in [0, 0.05) is 26.0 Å². The lowest BCUT2D eigenvalue weighted by Crippen LogP contribution is -2.21. The molecule has 0 aliphatic carbocycles. The van der Waals surface area contributed by atoms with E-state index >= 15 is 0 Å². The number of benzene rings is 2. The summed E-state index contributed by atoms with van der Waals surface area (Å²) in [7, 11) is 0. The lowest BCUT2D eigenvalue weighted by atomic mass is 10.1. The number of halogens is 3. The van der Waals surface area contributed by atoms with E-state index in [1.165, 1.54) is 34.4 Å². The quantitative estimate of drug-likeness (QED) is 0.400. The van der Waals surface area contributed by atoms with Crippen LogP contribution in [0.3, 0.4) is 0 Å². The van der Waals surface area contributed by atoms with Gasteiger partial charge in [-0.1, -0.05) is 45.7 Å². The summed E-state index contributed by atoms with van der Waals surface area (Å²) in [6, 6.07) is 12.2. The summed E-state index contributed by atoms with van der Waals surface area (Å²) in [4.78, 5) is 18.1. The molecule has 0 bridgehead atoms. The van der Waals surface area contributed by atoms with Crippen LogP contribution in [-0.2, 0) is 6.54 Å². The number of nitrogens with zero attached hydrogens (tertiary/aromatic N) is 2. The number of fused-ring (bicyclic) bond motifs is 1. The minimum absolute atomic E-state index is 0.0307. The molecule has 0 N–H and O–H groups in total. The monoisotopic (exact) mass is 448 g/mol. The minimum atomic E-state index is -0.442. The molecular weight excluding hydrogens is 439 g/mol. The van der Waals surface area contributed by atoms with E-state index in [9.17, 15) is 9.18 Å². The molecule has 0 fully saturated rings. The average molecular weight is 450 g/mol. The second kappa shape index (κ2) is 6.95. The molecule has 0 saturated heterocycles. The smallest absolute Gasteiger partial charge is 0.263 e. The highest BCUT2D eigenvalue weighted by Gasteiger charge is 2.15. The summed E-state index contributed by atoms with van der Waals surface area (Å²) in [6.45, 7) is 0.0307. The first kappa shape index (κ1) is 17.4. The maximum atomic E-state index is 14.1. The normalized spacial score (nSPS) is 11.2. The van der Waals surface area contributed by atoms with Crippen molar-refractivity contribution in [3.63, 3.8) is 0 Å². The summed E-state index contributed by atoms with van der Waals surface area (Å²) < 4.78 is 16.4. The molecule has 26 heavy (non-hydrogen) atoms. The van der Waals surface area contributed by atoms with Crippen LogP contribution in [0.15, 0.2) is 63.4 Å². The molecule has 7 heteroatoms. The molecule has 0 atom stereocenters. The van der Waals surface area contributed by atoms with Gasteiger partial charge in [0.15, 0.2) is 0 Å². The van der Waals surface area contributed by atoms with Crippen LogP contribution in [0.2, 0.25) is 5.02 Å². The van der Waals surface area contributed by atoms with Crippen LogP contribution in [0.1, 0.15) is 5.56 Å². The Morgan fingerprint density at radius 2 is 1.96 bits per heavy atom. The van der Waals surface area contributed by atoms with E-state index < -0.39 is 5.82 Å². The predicted molar refractivity (Wildman–Crippen MR) is 108 cm³/mol. The van der Waals surface area contributed by atoms with E-state index in [0.717, 1.165) is 15.6 Å². The van der Waals surface area contributed by atoms with Gasteiger partial charge < -0.3 is 0 Å². The Kier molecular flexibility index (Phi) is 4.65. The largest absolute Gasteiger partial charge is 0.294 e. The Morgan fingerprint density at radius 1 is 1.19 bits per heavy atom. The van der Waals surface area contributed by atoms with Gasteiger partial charge >= 0.3 is 0 Å². The molecule has 2 heterocycles. The van der Waals surface area contributed by atoms with Crippen LogP contribution in [0.25, 0.3) is 21.3 Å². The summed E-state index contributed by atoms with van der Waals surface area (Å²) in [5.74, 6) is -0.442. The van der Waals surface area contributed by atoms with E-state index in [1.807, 2.05) is 29.6 Å². The standard InChI is InChI=1S/C19H11BrClFN2OS/c20-12-6-4-11(5-7-12)14-9-26-18-17(14)19(25)24(10-23-18)8-13-15(21)2-1-3-16(13)22/h1-7,9-10H,8H2. The van der Waals surface area contributed by atoms with Crippen molar-refractivity contribution in [2.24, 2.45) is 0 Å². The minimum Gasteiger partial charge on any atom is -0.294 e. The average Bonchev–Trinajstić information content (AvgIpc) is 3.05. The molecular formula is C19H11BrClFN2OS. The number of hydrogen-bond acceptors (Lipinski definition) is 3. The van der Waals surface area contributed by atoms with E-state index in [2.05, 4.69) is 20.9 Å². The van der Waals surface area contributed by atoms with Crippen LogP contribution < -0.4 is 5.56 Å². The zero-order valence-corrected chi connectivity index (χ0v) is 16.4. The van der Waals surface area contributed by atoms with Crippen LogP contribution >= 0.6 is 38.9 Å². The third-order valence-electron chi connectivity index (χ3n) is 4.11. The molecule has 4 rings (SSSR count). The molecule has 4 aromatic rings. The van der Waals surface area contributed by atoms with Crippen molar-refractivity contribution >= 4 is 49.1 Å². The highest BCUT2D eigenvalue weighted by atomic mass is 79.9. The Hall–Kier alpha value is -2.02. The van der Waals surface area contributed by atoms with Crippen molar-refractivity contribution in [3.8, 4) is 11.1 Å². The van der Waals surface area contributed by atoms with Crippen molar-refractivity contribution in [2.45, 2.75) is 6.54 Å². The van der Waals surface area contributed by atoms with Gasteiger partial charge in [-0.3, -0.25) is 9.36 Å². The highest BCUT2D eigenvalue weighted by Crippen LogP contribution is 2.31. The molecule has 2 aromatic heterocycles. The summed E-state index contributed by atoms with van der Waals surface area (Å²) in [5.41, 5.74) is 1.82. The third kappa shape index (κ3) is 3.09. The molecule has 0 spiro atoms. The fraction of sp³-hybridized carbons (Fsp3) is 0.0526. The van der Waals surface area contributed by atoms with Crippen LogP contribution in [0, 0.1) is 5.82 Å². The lowest BCUT2D eigenvalue weighted by Gasteiger charge is -2.09. The zero-order chi connectivity index (χ0) is 18.3. The first-order chi connectivity index (χ1) is 12.5. The van der Waals surface area contributed by atoms with Gasteiger partial charge in [-0.05, 0) is 29.8 Å². The molecule has 3 nitrogen and oxygen atoms in total. The second-order valence-electron chi connectivity index (χ2n) is 5.71. The molecule has 0 aliphatic rings. The second-order valence-corrected chi connectivity index (χ2v) is 7.90. The molecule has 0 aliphatic heterocycles. The van der Waals surface area contributed by atoms with Crippen molar-refractivity contribution in [2.75, 3.05) is 0 Å². The van der Waals surface area contributed by atoms with Crippen molar-refractivity contribution in [1.29, 1.82) is 0 Å². The Morgan fingerprint density at radius 3 is 2.69 bits per heavy atom. The van der Waals surface area contributed by atoms with Gasteiger partial charge in [-0.2, -0.15) is 0 Å². The predicted octanol–water partition coefficient (Wildman–Crippen LogP) is 5.73. The van der Waals surface area contributed by atoms with Crippen molar-refractivity contribution < 1.29 is 4.39 Å². The van der Waals surface area contributed by atoms with E-state index in [1.54, 1.807) is 6.07 Å². The Bertz CT molecular complexity index is 1150. The van der Waals surface area contributed by atoms with Gasteiger partial charge in [0.1, 0.15) is 10.6 Å². The zero-order valence-electron chi connectivity index (χ0n) is 13.2. The summed E-state index contributed by atoms with van der Waals surface area (Å²) in [5, 5.41) is 2.74. The molecule has 0 amide bonds. The summed E-state index contributed by atoms with van der Waals surface area (Å²) >= 11 is 10.9. The van der Waals surface area contributed by atoms with Crippen LogP contribution in [0.4, 0.5) is 4.39 Å². The number of rotatable bonds is 3. The fourth-order valence-electron chi connectivity index (χ4n) is 2.78. The first-order valence-corrected chi connectivity index (χ1v) is 9.75. The van der Waals surface area contributed by atoms with Gasteiger partial charge in [0.05, 0.1) is 18.3 Å². The third-order valence-corrected chi connectivity index (χ3v) is 5.88. The van der Waals surface area contributed by atoms with E-state index in [0.29, 0.717) is 10.2 Å². The van der Waals surface area contributed by atoms with Gasteiger partial charge in [-0.15, -0.1) is 11.3 Å². The Balaban J connectivity index is 1.86. The maximum absolute atomic E-state index is 14.1. The SMILES string of the molecule is O=c1c2c(-c3ccc(Br)cc3)csc2ncn1Cc1c(F)cccc1Cl. The number of hydrogen-bond donors (Lipinski definition) is 0. The van der Waals surface area contributed by atoms with Crippen molar-refractivity contribution in [1.82, 2.24) is 9.55 Å². The van der Waals surface area contributed by atoms with Gasteiger partial charge in [-0.25, -0.2) is 9.37 Å². The van der Waals surface area contributed by atoms with Crippen LogP contribution in [0.5, 0.6) is 0 Å². The first-order valence-electron chi connectivity index (χ1n) is 7.70. The van der Waals surface area contributed by atoms with E-state index in [-0.39, 0.29) is 22.7 Å². The summed E-state index contributed by atoms with van der Waals surface area (Å²) in [6.07, 6.45) is 1.44. The van der Waals surface area contributed by atoms with Crippen molar-refractivity contribution in [3.05, 3.63) is 85.4 Å². The molecule has 130 valence electrons. The van der Waals surface area contributed by atoms with Gasteiger partial charge in [0.25, 0.3) is 5.56 Å². The molecule has 0 saturated carbocycles. The lowest BCUT2D eigenvalue weighted by molar-refractivity contribution is 0.595. The molecule has 2 aromatic carbocycles. The molecule has 0 unspecified atom stereocenters. The highest BCUT2D eigenvalue weighted by molar-refractivity contribution is 9.10. The maximum Gasteiger partial charge on any atom is 0.263 e.